The van der Waals surface area contributed by atoms with E-state index < -0.39 is 0 Å². The zero-order valence-corrected chi connectivity index (χ0v) is 10.6. The molecule has 0 bridgehead atoms. The number of nitrogens with zero attached hydrogens (tertiary/aromatic N) is 1. The number of hydrogen-bond donors (Lipinski definition) is 0. The van der Waals surface area contributed by atoms with Crippen LogP contribution in [0, 0.1) is 0 Å². The van der Waals surface area contributed by atoms with Gasteiger partial charge in [-0.05, 0) is 24.6 Å². The molecule has 1 heterocycles. The Kier molecular flexibility index (Phi) is 3.25. The average molecular weight is 278 g/mol. The van der Waals surface area contributed by atoms with Gasteiger partial charge in [0.1, 0.15) is 0 Å². The molecule has 0 aliphatic heterocycles. The van der Waals surface area contributed by atoms with Crippen LogP contribution < -0.4 is 0 Å². The van der Waals surface area contributed by atoms with Gasteiger partial charge in [-0.15, -0.1) is 0 Å². The molecule has 0 amide bonds. The summed E-state index contributed by atoms with van der Waals surface area (Å²) in [5.74, 6) is 0.103. The van der Waals surface area contributed by atoms with E-state index in [9.17, 15) is 4.79 Å². The topological polar surface area (TPSA) is 22.0 Å². The van der Waals surface area contributed by atoms with E-state index in [2.05, 4.69) is 22.0 Å². The van der Waals surface area contributed by atoms with Crippen molar-refractivity contribution >= 4 is 21.7 Å². The van der Waals surface area contributed by atoms with Gasteiger partial charge in [-0.1, -0.05) is 34.1 Å². The lowest BCUT2D eigenvalue weighted by atomic mass is 10.2. The molecule has 3 heteroatoms. The summed E-state index contributed by atoms with van der Waals surface area (Å²) in [4.78, 5) is 11.2. The minimum Gasteiger partial charge on any atom is -0.349 e. The van der Waals surface area contributed by atoms with Crippen molar-refractivity contribution in [1.82, 2.24) is 4.57 Å². The monoisotopic (exact) mass is 277 g/mol. The van der Waals surface area contributed by atoms with Crippen molar-refractivity contribution in [3.05, 3.63) is 58.3 Å². The minimum absolute atomic E-state index is 0.103. The van der Waals surface area contributed by atoms with Crippen LogP contribution in [0.4, 0.5) is 0 Å². The van der Waals surface area contributed by atoms with Gasteiger partial charge in [0.15, 0.2) is 5.78 Å². The number of halogens is 1. The predicted octanol–water partition coefficient (Wildman–Crippen LogP) is 3.50. The van der Waals surface area contributed by atoms with E-state index in [-0.39, 0.29) is 5.78 Å². The highest BCUT2D eigenvalue weighted by Gasteiger charge is 2.03. The molecule has 0 aliphatic carbocycles. The van der Waals surface area contributed by atoms with Gasteiger partial charge in [0, 0.05) is 29.0 Å². The minimum atomic E-state index is 0.103. The Morgan fingerprint density at radius 2 is 2.06 bits per heavy atom. The average Bonchev–Trinajstić information content (AvgIpc) is 2.70. The summed E-state index contributed by atoms with van der Waals surface area (Å²) >= 11 is 3.51. The van der Waals surface area contributed by atoms with E-state index in [1.165, 1.54) is 5.56 Å². The summed E-state index contributed by atoms with van der Waals surface area (Å²) in [6.45, 7) is 2.35. The van der Waals surface area contributed by atoms with E-state index in [1.807, 2.05) is 41.2 Å². The third kappa shape index (κ3) is 2.42. The first-order valence-corrected chi connectivity index (χ1v) is 5.86. The van der Waals surface area contributed by atoms with Gasteiger partial charge in [0.05, 0.1) is 0 Å². The molecule has 0 spiro atoms. The zero-order chi connectivity index (χ0) is 11.5. The van der Waals surface area contributed by atoms with Crippen molar-refractivity contribution in [3.63, 3.8) is 0 Å². The fourth-order valence-corrected chi connectivity index (χ4v) is 1.98. The van der Waals surface area contributed by atoms with Crippen LogP contribution in [0.25, 0.3) is 0 Å². The molecule has 1 aromatic heterocycles. The standard InChI is InChI=1S/C13H12BrNO/c1-10(16)11-6-7-15(8-11)9-12-4-2-3-5-13(12)14/h2-8H,9H2,1H3. The third-order valence-electron chi connectivity index (χ3n) is 2.47. The Labute approximate surface area is 103 Å². The molecule has 82 valence electrons. The van der Waals surface area contributed by atoms with Crippen LogP contribution in [-0.2, 0) is 6.54 Å². The second kappa shape index (κ2) is 4.66. The second-order valence-corrected chi connectivity index (χ2v) is 4.57. The van der Waals surface area contributed by atoms with Crippen molar-refractivity contribution in [1.29, 1.82) is 0 Å². The van der Waals surface area contributed by atoms with E-state index in [4.69, 9.17) is 0 Å². The predicted molar refractivity (Wildman–Crippen MR) is 67.7 cm³/mol. The third-order valence-corrected chi connectivity index (χ3v) is 3.24. The van der Waals surface area contributed by atoms with E-state index in [1.54, 1.807) is 6.92 Å². The zero-order valence-electron chi connectivity index (χ0n) is 8.98. The Bertz CT molecular complexity index is 516. The van der Waals surface area contributed by atoms with Crippen molar-refractivity contribution in [2.75, 3.05) is 0 Å². The lowest BCUT2D eigenvalue weighted by Gasteiger charge is -2.05. The number of carbonyl (C=O) groups excluding carboxylic acids is 1. The van der Waals surface area contributed by atoms with Gasteiger partial charge in [-0.3, -0.25) is 4.79 Å². The van der Waals surface area contributed by atoms with E-state index in [0.717, 1.165) is 16.6 Å². The number of hydrogen-bond acceptors (Lipinski definition) is 1. The molecule has 1 aromatic carbocycles. The molecule has 0 saturated heterocycles. The van der Waals surface area contributed by atoms with Crippen LogP contribution in [0.15, 0.2) is 47.2 Å². The van der Waals surface area contributed by atoms with Gasteiger partial charge < -0.3 is 4.57 Å². The number of carbonyl (C=O) groups is 1. The molecule has 0 unspecified atom stereocenters. The van der Waals surface area contributed by atoms with Crippen LogP contribution in [0.5, 0.6) is 0 Å². The van der Waals surface area contributed by atoms with Crippen molar-refractivity contribution in [2.45, 2.75) is 13.5 Å². The van der Waals surface area contributed by atoms with Crippen LogP contribution in [0.1, 0.15) is 22.8 Å². The number of aromatic nitrogens is 1. The van der Waals surface area contributed by atoms with Gasteiger partial charge in [-0.25, -0.2) is 0 Å². The van der Waals surface area contributed by atoms with Crippen LogP contribution in [0.2, 0.25) is 0 Å². The largest absolute Gasteiger partial charge is 0.349 e. The molecule has 0 saturated carbocycles. The SMILES string of the molecule is CC(=O)c1ccn(Cc2ccccc2Br)c1. The summed E-state index contributed by atoms with van der Waals surface area (Å²) in [6.07, 6.45) is 3.80. The van der Waals surface area contributed by atoms with Gasteiger partial charge in [0.25, 0.3) is 0 Å². The summed E-state index contributed by atoms with van der Waals surface area (Å²) in [5.41, 5.74) is 1.96. The summed E-state index contributed by atoms with van der Waals surface area (Å²) in [7, 11) is 0. The Morgan fingerprint density at radius 3 is 2.69 bits per heavy atom. The Balaban J connectivity index is 2.21. The van der Waals surface area contributed by atoms with E-state index >= 15 is 0 Å². The fraction of sp³-hybridized carbons (Fsp3) is 0.154. The molecule has 16 heavy (non-hydrogen) atoms. The molecule has 0 N–H and O–H groups in total. The first-order valence-electron chi connectivity index (χ1n) is 5.07. The molecule has 0 fully saturated rings. The fourth-order valence-electron chi connectivity index (χ4n) is 1.57. The number of Topliss-reactive ketones (excluding diaryl/α,β-unsaturated/α-hetero) is 1. The summed E-state index contributed by atoms with van der Waals surface area (Å²) in [5, 5.41) is 0. The smallest absolute Gasteiger partial charge is 0.161 e. The number of ketones is 1. The number of rotatable bonds is 3. The van der Waals surface area contributed by atoms with Crippen molar-refractivity contribution in [3.8, 4) is 0 Å². The summed E-state index contributed by atoms with van der Waals surface area (Å²) < 4.78 is 3.10. The lowest BCUT2D eigenvalue weighted by molar-refractivity contribution is 0.101. The molecular formula is C13H12BrNO. The highest BCUT2D eigenvalue weighted by Crippen LogP contribution is 2.17. The normalized spacial score (nSPS) is 10.4. The van der Waals surface area contributed by atoms with Gasteiger partial charge >= 0.3 is 0 Å². The first-order chi connectivity index (χ1) is 7.66. The van der Waals surface area contributed by atoms with Crippen LogP contribution >= 0.6 is 15.9 Å². The molecule has 0 atom stereocenters. The lowest BCUT2D eigenvalue weighted by Crippen LogP contribution is -1.97. The van der Waals surface area contributed by atoms with Crippen molar-refractivity contribution < 1.29 is 4.79 Å². The molecule has 0 radical (unpaired) electrons. The maximum Gasteiger partial charge on any atom is 0.161 e. The molecule has 2 nitrogen and oxygen atoms in total. The Morgan fingerprint density at radius 1 is 1.31 bits per heavy atom. The molecule has 2 rings (SSSR count). The first kappa shape index (κ1) is 11.1. The van der Waals surface area contributed by atoms with Crippen LogP contribution in [-0.4, -0.2) is 10.4 Å². The van der Waals surface area contributed by atoms with E-state index in [0.29, 0.717) is 0 Å². The van der Waals surface area contributed by atoms with Gasteiger partial charge in [-0.2, -0.15) is 0 Å². The summed E-state index contributed by atoms with van der Waals surface area (Å²) in [6, 6.07) is 9.93. The maximum absolute atomic E-state index is 11.2. The van der Waals surface area contributed by atoms with Crippen molar-refractivity contribution in [2.24, 2.45) is 0 Å². The molecular weight excluding hydrogens is 266 g/mol. The van der Waals surface area contributed by atoms with Crippen LogP contribution in [0.3, 0.4) is 0 Å². The maximum atomic E-state index is 11.2. The number of benzene rings is 1. The second-order valence-electron chi connectivity index (χ2n) is 3.72. The highest BCUT2D eigenvalue weighted by atomic mass is 79.9. The Hall–Kier alpha value is -1.35. The quantitative estimate of drug-likeness (QED) is 0.787. The van der Waals surface area contributed by atoms with Gasteiger partial charge in [0.2, 0.25) is 0 Å². The molecule has 0 aliphatic rings. The molecule has 2 aromatic rings. The highest BCUT2D eigenvalue weighted by molar-refractivity contribution is 9.10.